The molecule has 0 unspecified atom stereocenters. The monoisotopic (exact) mass is 288 g/mol. The van der Waals surface area contributed by atoms with Crippen LogP contribution in [-0.2, 0) is 21.3 Å². The van der Waals surface area contributed by atoms with Gasteiger partial charge >= 0.3 is 0 Å². The van der Waals surface area contributed by atoms with Crippen molar-refractivity contribution in [2.45, 2.75) is 32.3 Å². The average Bonchev–Trinajstić information content (AvgIpc) is 2.36. The van der Waals surface area contributed by atoms with Gasteiger partial charge in [0, 0.05) is 0 Å². The highest BCUT2D eigenvalue weighted by atomic mass is 32.2. The van der Waals surface area contributed by atoms with Gasteiger partial charge in [-0.1, -0.05) is 48.0 Å². The molecule has 2 nitrogen and oxygen atoms in total. The van der Waals surface area contributed by atoms with Gasteiger partial charge < -0.3 is 0 Å². The van der Waals surface area contributed by atoms with Crippen molar-refractivity contribution in [2.24, 2.45) is 0 Å². The molecule has 3 heteroatoms. The number of hydrogen-bond donors (Lipinski definition) is 0. The van der Waals surface area contributed by atoms with Gasteiger partial charge in [0.1, 0.15) is 0 Å². The van der Waals surface area contributed by atoms with E-state index in [1.54, 1.807) is 0 Å². The fraction of sp³-hybridized carbons (Fsp3) is 0.294. The normalized spacial score (nSPS) is 11.6. The zero-order valence-electron chi connectivity index (χ0n) is 12.2. The molecule has 0 aromatic heterocycles. The molecule has 0 spiro atoms. The lowest BCUT2D eigenvalue weighted by Crippen LogP contribution is -2.09. The molecule has 20 heavy (non-hydrogen) atoms. The molecule has 0 heterocycles. The van der Waals surface area contributed by atoms with E-state index in [2.05, 4.69) is 0 Å². The number of aryl methyl sites for hydroxylation is 3. The predicted octanol–water partition coefficient (Wildman–Crippen LogP) is 3.73. The molecular weight excluding hydrogens is 268 g/mol. The van der Waals surface area contributed by atoms with E-state index in [0.717, 1.165) is 27.8 Å². The van der Waals surface area contributed by atoms with Gasteiger partial charge in [0.05, 0.1) is 11.5 Å². The van der Waals surface area contributed by atoms with Crippen LogP contribution in [0.2, 0.25) is 0 Å². The van der Waals surface area contributed by atoms with E-state index >= 15 is 0 Å². The maximum absolute atomic E-state index is 12.4. The van der Waals surface area contributed by atoms with Crippen molar-refractivity contribution in [2.75, 3.05) is 0 Å². The van der Waals surface area contributed by atoms with Gasteiger partial charge in [-0.3, -0.25) is 0 Å². The SMILES string of the molecule is Cc1ccc(C)c(CS(=O)(=O)Cc2ccccc2C)c1. The third-order valence-corrected chi connectivity index (χ3v) is 5.02. The molecule has 0 amide bonds. The number of hydrogen-bond acceptors (Lipinski definition) is 2. The average molecular weight is 288 g/mol. The molecule has 0 aliphatic heterocycles. The minimum Gasteiger partial charge on any atom is -0.228 e. The Hall–Kier alpha value is -1.61. The fourth-order valence-electron chi connectivity index (χ4n) is 2.25. The van der Waals surface area contributed by atoms with Crippen LogP contribution in [0.5, 0.6) is 0 Å². The van der Waals surface area contributed by atoms with Crippen LogP contribution < -0.4 is 0 Å². The molecule has 0 saturated carbocycles. The number of sulfone groups is 1. The van der Waals surface area contributed by atoms with Crippen molar-refractivity contribution >= 4 is 9.84 Å². The molecule has 2 aromatic rings. The predicted molar refractivity (Wildman–Crippen MR) is 83.4 cm³/mol. The van der Waals surface area contributed by atoms with Crippen LogP contribution in [0.3, 0.4) is 0 Å². The van der Waals surface area contributed by atoms with E-state index < -0.39 is 9.84 Å². The van der Waals surface area contributed by atoms with E-state index in [1.165, 1.54) is 0 Å². The highest BCUT2D eigenvalue weighted by molar-refractivity contribution is 7.89. The van der Waals surface area contributed by atoms with Crippen molar-refractivity contribution in [3.05, 3.63) is 70.3 Å². The van der Waals surface area contributed by atoms with Crippen LogP contribution in [0.25, 0.3) is 0 Å². The molecule has 0 aliphatic rings. The van der Waals surface area contributed by atoms with Crippen molar-refractivity contribution in [1.29, 1.82) is 0 Å². The molecule has 0 fully saturated rings. The first-order valence-corrected chi connectivity index (χ1v) is 8.50. The summed E-state index contributed by atoms with van der Waals surface area (Å²) in [6.45, 7) is 5.89. The zero-order chi connectivity index (χ0) is 14.8. The Bertz CT molecular complexity index is 716. The summed E-state index contributed by atoms with van der Waals surface area (Å²) >= 11 is 0. The molecule has 2 aromatic carbocycles. The maximum Gasteiger partial charge on any atom is 0.158 e. The first-order valence-electron chi connectivity index (χ1n) is 6.68. The van der Waals surface area contributed by atoms with Gasteiger partial charge in [-0.05, 0) is 43.0 Å². The van der Waals surface area contributed by atoms with Gasteiger partial charge in [0.15, 0.2) is 9.84 Å². The first kappa shape index (κ1) is 14.8. The second-order valence-electron chi connectivity index (χ2n) is 5.39. The second kappa shape index (κ2) is 5.80. The lowest BCUT2D eigenvalue weighted by atomic mass is 10.1. The Labute approximate surface area is 121 Å². The smallest absolute Gasteiger partial charge is 0.158 e. The first-order chi connectivity index (χ1) is 9.37. The molecule has 0 N–H and O–H groups in total. The van der Waals surface area contributed by atoms with Gasteiger partial charge in [0.2, 0.25) is 0 Å². The van der Waals surface area contributed by atoms with Crippen LogP contribution in [0.15, 0.2) is 42.5 Å². The van der Waals surface area contributed by atoms with Crippen molar-refractivity contribution in [3.63, 3.8) is 0 Å². The molecule has 106 valence electrons. The summed E-state index contributed by atoms with van der Waals surface area (Å²) in [7, 11) is -3.15. The van der Waals surface area contributed by atoms with Crippen LogP contribution in [-0.4, -0.2) is 8.42 Å². The van der Waals surface area contributed by atoms with Gasteiger partial charge in [0.25, 0.3) is 0 Å². The van der Waals surface area contributed by atoms with Crippen LogP contribution in [0, 0.1) is 20.8 Å². The Balaban J connectivity index is 2.24. The lowest BCUT2D eigenvalue weighted by Gasteiger charge is -2.10. The van der Waals surface area contributed by atoms with Crippen LogP contribution in [0.4, 0.5) is 0 Å². The maximum atomic E-state index is 12.4. The van der Waals surface area contributed by atoms with Crippen molar-refractivity contribution < 1.29 is 8.42 Å². The lowest BCUT2D eigenvalue weighted by molar-refractivity contribution is 0.594. The van der Waals surface area contributed by atoms with Gasteiger partial charge in [-0.2, -0.15) is 0 Å². The third-order valence-electron chi connectivity index (χ3n) is 3.52. The van der Waals surface area contributed by atoms with E-state index in [0.29, 0.717) is 0 Å². The topological polar surface area (TPSA) is 34.1 Å². The summed E-state index contributed by atoms with van der Waals surface area (Å²) in [6, 6.07) is 13.6. The van der Waals surface area contributed by atoms with Gasteiger partial charge in [-0.15, -0.1) is 0 Å². The highest BCUT2D eigenvalue weighted by Crippen LogP contribution is 2.18. The van der Waals surface area contributed by atoms with E-state index in [9.17, 15) is 8.42 Å². The summed E-state index contributed by atoms with van der Waals surface area (Å²) in [4.78, 5) is 0. The summed E-state index contributed by atoms with van der Waals surface area (Å²) in [5.74, 6) is 0.210. The zero-order valence-corrected chi connectivity index (χ0v) is 13.0. The van der Waals surface area contributed by atoms with Crippen LogP contribution in [0.1, 0.15) is 27.8 Å². The Kier molecular flexibility index (Phi) is 4.29. The minimum atomic E-state index is -3.15. The third kappa shape index (κ3) is 3.70. The largest absolute Gasteiger partial charge is 0.228 e. The van der Waals surface area contributed by atoms with Crippen molar-refractivity contribution in [1.82, 2.24) is 0 Å². The van der Waals surface area contributed by atoms with E-state index in [4.69, 9.17) is 0 Å². The number of rotatable bonds is 4. The van der Waals surface area contributed by atoms with E-state index in [-0.39, 0.29) is 11.5 Å². The Morgan fingerprint density at radius 3 is 2.10 bits per heavy atom. The molecule has 0 radical (unpaired) electrons. The van der Waals surface area contributed by atoms with Gasteiger partial charge in [-0.25, -0.2) is 8.42 Å². The van der Waals surface area contributed by atoms with E-state index in [1.807, 2.05) is 63.2 Å². The highest BCUT2D eigenvalue weighted by Gasteiger charge is 2.15. The summed E-state index contributed by atoms with van der Waals surface area (Å²) in [5, 5.41) is 0. The Morgan fingerprint density at radius 1 is 0.800 bits per heavy atom. The molecule has 2 rings (SSSR count). The molecule has 0 atom stereocenters. The minimum absolute atomic E-state index is 0.104. The fourth-order valence-corrected chi connectivity index (χ4v) is 3.94. The standard InChI is InChI=1S/C17H20O2S/c1-13-8-9-15(3)17(10-13)12-20(18,19)11-16-7-5-4-6-14(16)2/h4-10H,11-12H2,1-3H3. The summed E-state index contributed by atoms with van der Waals surface area (Å²) in [5.41, 5.74) is 4.94. The molecular formula is C17H20O2S. The van der Waals surface area contributed by atoms with Crippen molar-refractivity contribution in [3.8, 4) is 0 Å². The Morgan fingerprint density at radius 2 is 1.40 bits per heavy atom. The number of benzene rings is 2. The molecule has 0 saturated heterocycles. The second-order valence-corrected chi connectivity index (χ2v) is 7.45. The molecule has 0 aliphatic carbocycles. The quantitative estimate of drug-likeness (QED) is 0.859. The summed E-state index contributed by atoms with van der Waals surface area (Å²) in [6.07, 6.45) is 0. The molecule has 0 bridgehead atoms. The van der Waals surface area contributed by atoms with Crippen LogP contribution >= 0.6 is 0 Å². The summed E-state index contributed by atoms with van der Waals surface area (Å²) < 4.78 is 24.8.